The van der Waals surface area contributed by atoms with Crippen LogP contribution in [0.2, 0.25) is 0 Å². The smallest absolute Gasteiger partial charge is 0.181 e. The number of ether oxygens (including phenoxy) is 1. The van der Waals surface area contributed by atoms with Gasteiger partial charge in [-0.3, -0.25) is 4.68 Å². The van der Waals surface area contributed by atoms with Crippen molar-refractivity contribution in [1.82, 2.24) is 19.7 Å². The van der Waals surface area contributed by atoms with Gasteiger partial charge in [0.1, 0.15) is 4.83 Å². The Morgan fingerprint density at radius 3 is 3.08 bits per heavy atom. The van der Waals surface area contributed by atoms with Gasteiger partial charge in [-0.15, -0.1) is 11.3 Å². The van der Waals surface area contributed by atoms with E-state index in [1.807, 2.05) is 31.6 Å². The van der Waals surface area contributed by atoms with Crippen molar-refractivity contribution in [3.8, 4) is 11.3 Å². The first-order chi connectivity index (χ1) is 12.7. The number of thiophene rings is 1. The van der Waals surface area contributed by atoms with E-state index in [1.54, 1.807) is 16.0 Å². The first-order valence-corrected chi connectivity index (χ1v) is 9.45. The normalized spacial score (nSPS) is 18.8. The van der Waals surface area contributed by atoms with Gasteiger partial charge in [-0.2, -0.15) is 5.10 Å². The number of hydrogen-bond donors (Lipinski definition) is 1. The molecule has 5 heterocycles. The molecular formula is C19H18N4O2S. The van der Waals surface area contributed by atoms with E-state index < -0.39 is 6.10 Å². The van der Waals surface area contributed by atoms with Crippen LogP contribution in [0.25, 0.3) is 32.5 Å². The second kappa shape index (κ2) is 6.12. The fourth-order valence-corrected chi connectivity index (χ4v) is 4.56. The van der Waals surface area contributed by atoms with Crippen molar-refractivity contribution < 1.29 is 9.84 Å². The van der Waals surface area contributed by atoms with Crippen molar-refractivity contribution in [3.05, 3.63) is 41.5 Å². The van der Waals surface area contributed by atoms with E-state index in [0.717, 1.165) is 50.4 Å². The van der Waals surface area contributed by atoms with Crippen LogP contribution >= 0.6 is 11.3 Å². The summed E-state index contributed by atoms with van der Waals surface area (Å²) >= 11 is 1.56. The fraction of sp³-hybridized carbons (Fsp3) is 0.316. The summed E-state index contributed by atoms with van der Waals surface area (Å²) in [5, 5.41) is 17.0. The number of rotatable bonds is 3. The molecule has 7 heteroatoms. The number of fused-ring (bicyclic) bond motifs is 2. The molecule has 0 saturated carbocycles. The first kappa shape index (κ1) is 15.9. The number of aryl methyl sites for hydroxylation is 1. The van der Waals surface area contributed by atoms with Crippen molar-refractivity contribution in [2.24, 2.45) is 13.0 Å². The highest BCUT2D eigenvalue weighted by atomic mass is 32.1. The standard InChI is InChI=1S/C19H18N4O2S/c1-23-9-14-6-13(8-20-18(14)22-23)15-3-2-11-7-16(26-19(11)21-15)17(24)12-4-5-25-10-12/h2-3,6-9,12,17,24H,4-5,10H2,1H3. The Kier molecular flexibility index (Phi) is 3.74. The molecule has 1 N–H and O–H groups in total. The van der Waals surface area contributed by atoms with Crippen LogP contribution in [0.4, 0.5) is 0 Å². The van der Waals surface area contributed by atoms with Gasteiger partial charge in [0.05, 0.1) is 18.4 Å². The minimum atomic E-state index is -0.478. The van der Waals surface area contributed by atoms with Crippen LogP contribution in [-0.2, 0) is 11.8 Å². The molecule has 4 aromatic heterocycles. The summed E-state index contributed by atoms with van der Waals surface area (Å²) < 4.78 is 7.16. The Hall–Kier alpha value is -2.35. The van der Waals surface area contributed by atoms with Gasteiger partial charge in [0, 0.05) is 53.2 Å². The number of aliphatic hydroxyl groups excluding tert-OH is 1. The highest BCUT2D eigenvalue weighted by Crippen LogP contribution is 2.36. The number of aromatic nitrogens is 4. The van der Waals surface area contributed by atoms with Gasteiger partial charge in [-0.1, -0.05) is 0 Å². The maximum atomic E-state index is 10.6. The summed E-state index contributed by atoms with van der Waals surface area (Å²) in [5.74, 6) is 0.180. The first-order valence-electron chi connectivity index (χ1n) is 8.63. The average molecular weight is 366 g/mol. The largest absolute Gasteiger partial charge is 0.387 e. The van der Waals surface area contributed by atoms with Crippen LogP contribution in [0.15, 0.2) is 36.7 Å². The van der Waals surface area contributed by atoms with Crippen molar-refractivity contribution in [2.75, 3.05) is 13.2 Å². The van der Waals surface area contributed by atoms with E-state index in [-0.39, 0.29) is 5.92 Å². The maximum Gasteiger partial charge on any atom is 0.181 e. The Labute approximate surface area is 154 Å². The Balaban J connectivity index is 1.52. The molecule has 2 atom stereocenters. The predicted molar refractivity (Wildman–Crippen MR) is 101 cm³/mol. The van der Waals surface area contributed by atoms with E-state index in [9.17, 15) is 5.11 Å². The summed E-state index contributed by atoms with van der Waals surface area (Å²) in [6.45, 7) is 1.36. The zero-order valence-electron chi connectivity index (χ0n) is 14.3. The number of pyridine rings is 2. The van der Waals surface area contributed by atoms with Crippen LogP contribution in [0, 0.1) is 5.92 Å². The van der Waals surface area contributed by atoms with Gasteiger partial charge in [-0.05, 0) is 30.7 Å². The van der Waals surface area contributed by atoms with Crippen LogP contribution in [-0.4, -0.2) is 38.1 Å². The summed E-state index contributed by atoms with van der Waals surface area (Å²) in [7, 11) is 1.89. The molecule has 132 valence electrons. The molecule has 26 heavy (non-hydrogen) atoms. The zero-order chi connectivity index (χ0) is 17.7. The number of aliphatic hydroxyl groups is 1. The Morgan fingerprint density at radius 1 is 1.31 bits per heavy atom. The third kappa shape index (κ3) is 2.68. The van der Waals surface area contributed by atoms with E-state index in [2.05, 4.69) is 22.2 Å². The van der Waals surface area contributed by atoms with E-state index >= 15 is 0 Å². The highest BCUT2D eigenvalue weighted by Gasteiger charge is 2.26. The molecule has 1 saturated heterocycles. The van der Waals surface area contributed by atoms with Crippen molar-refractivity contribution in [3.63, 3.8) is 0 Å². The van der Waals surface area contributed by atoms with Gasteiger partial charge in [0.15, 0.2) is 5.65 Å². The van der Waals surface area contributed by atoms with Crippen molar-refractivity contribution >= 4 is 32.6 Å². The van der Waals surface area contributed by atoms with E-state index in [4.69, 9.17) is 9.72 Å². The molecule has 4 aromatic rings. The topological polar surface area (TPSA) is 73.1 Å². The van der Waals surface area contributed by atoms with Gasteiger partial charge in [0.25, 0.3) is 0 Å². The molecule has 5 rings (SSSR count). The maximum absolute atomic E-state index is 10.6. The summed E-state index contributed by atoms with van der Waals surface area (Å²) in [6.07, 6.45) is 4.19. The van der Waals surface area contributed by atoms with Crippen LogP contribution < -0.4 is 0 Å². The predicted octanol–water partition coefficient (Wildman–Crippen LogP) is 3.31. The second-order valence-corrected chi connectivity index (χ2v) is 7.81. The molecule has 0 aliphatic carbocycles. The fourth-order valence-electron chi connectivity index (χ4n) is 3.45. The molecule has 6 nitrogen and oxygen atoms in total. The summed E-state index contributed by atoms with van der Waals surface area (Å²) in [4.78, 5) is 11.1. The molecule has 0 radical (unpaired) electrons. The van der Waals surface area contributed by atoms with Crippen LogP contribution in [0.5, 0.6) is 0 Å². The Morgan fingerprint density at radius 2 is 2.23 bits per heavy atom. The number of nitrogens with zero attached hydrogens (tertiary/aromatic N) is 4. The molecule has 0 amide bonds. The minimum Gasteiger partial charge on any atom is -0.387 e. The van der Waals surface area contributed by atoms with E-state index in [0.29, 0.717) is 6.61 Å². The number of hydrogen-bond acceptors (Lipinski definition) is 6. The summed E-state index contributed by atoms with van der Waals surface area (Å²) in [6, 6.07) is 8.16. The second-order valence-electron chi connectivity index (χ2n) is 6.75. The van der Waals surface area contributed by atoms with E-state index in [1.165, 1.54) is 0 Å². The van der Waals surface area contributed by atoms with Crippen LogP contribution in [0.1, 0.15) is 17.4 Å². The van der Waals surface area contributed by atoms with Gasteiger partial charge < -0.3 is 9.84 Å². The lowest BCUT2D eigenvalue weighted by molar-refractivity contribution is 0.0945. The molecule has 0 aromatic carbocycles. The van der Waals surface area contributed by atoms with Crippen molar-refractivity contribution in [1.29, 1.82) is 0 Å². The molecule has 1 fully saturated rings. The molecule has 1 aliphatic heterocycles. The van der Waals surface area contributed by atoms with Crippen molar-refractivity contribution in [2.45, 2.75) is 12.5 Å². The SMILES string of the molecule is Cn1cc2cc(-c3ccc4cc(C(O)C5CCOC5)sc4n3)cnc2n1. The zero-order valence-corrected chi connectivity index (χ0v) is 15.1. The van der Waals surface area contributed by atoms with Gasteiger partial charge in [0.2, 0.25) is 0 Å². The average Bonchev–Trinajstić information content (AvgIpc) is 3.37. The van der Waals surface area contributed by atoms with Crippen LogP contribution in [0.3, 0.4) is 0 Å². The minimum absolute atomic E-state index is 0.180. The third-order valence-corrected chi connectivity index (χ3v) is 5.99. The highest BCUT2D eigenvalue weighted by molar-refractivity contribution is 7.18. The molecular weight excluding hydrogens is 348 g/mol. The molecule has 1 aliphatic rings. The monoisotopic (exact) mass is 366 g/mol. The van der Waals surface area contributed by atoms with Gasteiger partial charge in [-0.25, -0.2) is 9.97 Å². The lowest BCUT2D eigenvalue weighted by Crippen LogP contribution is -2.10. The molecule has 0 bridgehead atoms. The quantitative estimate of drug-likeness (QED) is 0.602. The third-order valence-electron chi connectivity index (χ3n) is 4.87. The lowest BCUT2D eigenvalue weighted by atomic mass is 10.0. The summed E-state index contributed by atoms with van der Waals surface area (Å²) in [5.41, 5.74) is 2.58. The van der Waals surface area contributed by atoms with Gasteiger partial charge >= 0.3 is 0 Å². The molecule has 2 unspecified atom stereocenters. The Bertz CT molecular complexity index is 1100. The lowest BCUT2D eigenvalue weighted by Gasteiger charge is -2.13. The molecule has 0 spiro atoms.